The Bertz CT molecular complexity index is 1290. The van der Waals surface area contributed by atoms with Gasteiger partial charge >= 0.3 is 5.97 Å². The van der Waals surface area contributed by atoms with Gasteiger partial charge in [0.15, 0.2) is 11.6 Å². The van der Waals surface area contributed by atoms with Crippen LogP contribution in [0.4, 0.5) is 0 Å². The molecule has 158 valence electrons. The van der Waals surface area contributed by atoms with Crippen molar-refractivity contribution in [1.82, 2.24) is 0 Å². The quantitative estimate of drug-likeness (QED) is 0.265. The first-order valence-corrected chi connectivity index (χ1v) is 10.4. The lowest BCUT2D eigenvalue weighted by Crippen LogP contribution is -2.06. The molecule has 0 radical (unpaired) electrons. The molecule has 0 fully saturated rings. The van der Waals surface area contributed by atoms with Gasteiger partial charge in [-0.1, -0.05) is 72.8 Å². The highest BCUT2D eigenvalue weighted by Crippen LogP contribution is 2.29. The summed E-state index contributed by atoms with van der Waals surface area (Å²) in [6.45, 7) is 0. The van der Waals surface area contributed by atoms with E-state index in [0.29, 0.717) is 16.7 Å². The fraction of sp³-hybridized carbons (Fsp3) is 0.107. The van der Waals surface area contributed by atoms with Crippen LogP contribution in [0, 0.1) is 0 Å². The third kappa shape index (κ3) is 4.49. The van der Waals surface area contributed by atoms with Crippen molar-refractivity contribution in [3.05, 3.63) is 108 Å². The largest absolute Gasteiger partial charge is 0.465 e. The molecule has 32 heavy (non-hydrogen) atoms. The number of hydrogen-bond acceptors (Lipinski definition) is 4. The number of esters is 1. The Morgan fingerprint density at radius 3 is 1.97 bits per heavy atom. The third-order valence-electron chi connectivity index (χ3n) is 5.50. The number of fused-ring (bicyclic) bond motifs is 1. The maximum absolute atomic E-state index is 12.8. The molecule has 0 unspecified atom stereocenters. The van der Waals surface area contributed by atoms with E-state index in [0.717, 1.165) is 21.9 Å². The van der Waals surface area contributed by atoms with E-state index < -0.39 is 5.97 Å². The number of hydrogen-bond donors (Lipinski definition) is 0. The van der Waals surface area contributed by atoms with E-state index >= 15 is 0 Å². The van der Waals surface area contributed by atoms with Crippen molar-refractivity contribution >= 4 is 28.3 Å². The fourth-order valence-electron chi connectivity index (χ4n) is 3.74. The molecule has 0 saturated heterocycles. The Hall–Kier alpha value is -4.05. The Morgan fingerprint density at radius 2 is 1.28 bits per heavy atom. The molecule has 4 rings (SSSR count). The predicted octanol–water partition coefficient (Wildman–Crippen LogP) is 6.14. The summed E-state index contributed by atoms with van der Waals surface area (Å²) in [6, 6.07) is 28.1. The maximum Gasteiger partial charge on any atom is 0.337 e. The molecule has 0 saturated carbocycles. The topological polar surface area (TPSA) is 60.4 Å². The first-order valence-electron chi connectivity index (χ1n) is 10.4. The van der Waals surface area contributed by atoms with Crippen molar-refractivity contribution in [2.45, 2.75) is 12.8 Å². The number of rotatable bonds is 7. The highest BCUT2D eigenvalue weighted by molar-refractivity contribution is 6.06. The lowest BCUT2D eigenvalue weighted by Gasteiger charge is -2.09. The Labute approximate surface area is 186 Å². The van der Waals surface area contributed by atoms with Crippen LogP contribution in [0.2, 0.25) is 0 Å². The average Bonchev–Trinajstić information content (AvgIpc) is 2.86. The van der Waals surface area contributed by atoms with E-state index in [1.807, 2.05) is 66.7 Å². The number of ketones is 2. The maximum atomic E-state index is 12.8. The molecule has 4 heteroatoms. The van der Waals surface area contributed by atoms with E-state index in [9.17, 15) is 14.4 Å². The second-order valence-electron chi connectivity index (χ2n) is 7.52. The number of benzene rings is 4. The van der Waals surface area contributed by atoms with Crippen LogP contribution in [-0.2, 0) is 4.74 Å². The number of carbonyl (C=O) groups excluding carboxylic acids is 3. The highest BCUT2D eigenvalue weighted by atomic mass is 16.5. The fourth-order valence-corrected chi connectivity index (χ4v) is 3.74. The number of Topliss-reactive ketones (excluding diaryl/α,β-unsaturated/α-hetero) is 2. The molecule has 0 aliphatic rings. The molecule has 0 atom stereocenters. The Morgan fingerprint density at radius 1 is 0.656 bits per heavy atom. The smallest absolute Gasteiger partial charge is 0.337 e. The minimum Gasteiger partial charge on any atom is -0.465 e. The van der Waals surface area contributed by atoms with Crippen molar-refractivity contribution in [3.63, 3.8) is 0 Å². The molecular weight excluding hydrogens is 400 g/mol. The van der Waals surface area contributed by atoms with E-state index in [-0.39, 0.29) is 24.4 Å². The third-order valence-corrected chi connectivity index (χ3v) is 5.50. The summed E-state index contributed by atoms with van der Waals surface area (Å²) in [5.41, 5.74) is 3.60. The highest BCUT2D eigenvalue weighted by Gasteiger charge is 2.14. The van der Waals surface area contributed by atoms with Crippen LogP contribution in [0.15, 0.2) is 91.0 Å². The molecule has 0 aliphatic heterocycles. The SMILES string of the molecule is COC(=O)c1ccc(C(=O)CCC(=O)c2ccc3cccc(-c4ccccc4)c3c2)cc1. The van der Waals surface area contributed by atoms with Crippen molar-refractivity contribution in [2.24, 2.45) is 0 Å². The molecule has 0 spiro atoms. The lowest BCUT2D eigenvalue weighted by molar-refractivity contribution is 0.0600. The summed E-state index contributed by atoms with van der Waals surface area (Å²) in [5.74, 6) is -0.667. The molecule has 4 aromatic carbocycles. The van der Waals surface area contributed by atoms with Gasteiger partial charge in [-0.2, -0.15) is 0 Å². The Kier molecular flexibility index (Phi) is 6.22. The molecule has 4 nitrogen and oxygen atoms in total. The summed E-state index contributed by atoms with van der Waals surface area (Å²) in [6.07, 6.45) is 0.228. The molecule has 0 bridgehead atoms. The van der Waals surface area contributed by atoms with Gasteiger partial charge in [0.25, 0.3) is 0 Å². The molecule has 0 N–H and O–H groups in total. The zero-order valence-corrected chi connectivity index (χ0v) is 17.7. The normalized spacial score (nSPS) is 10.7. The molecule has 0 heterocycles. The van der Waals surface area contributed by atoms with Crippen LogP contribution in [0.5, 0.6) is 0 Å². The predicted molar refractivity (Wildman–Crippen MR) is 125 cm³/mol. The van der Waals surface area contributed by atoms with Gasteiger partial charge in [-0.15, -0.1) is 0 Å². The van der Waals surface area contributed by atoms with Crippen molar-refractivity contribution in [1.29, 1.82) is 0 Å². The monoisotopic (exact) mass is 422 g/mol. The second kappa shape index (κ2) is 9.40. The van der Waals surface area contributed by atoms with Gasteiger partial charge in [-0.25, -0.2) is 4.79 Å². The Balaban J connectivity index is 1.50. The first-order chi connectivity index (χ1) is 15.6. The van der Waals surface area contributed by atoms with Gasteiger partial charge in [0, 0.05) is 24.0 Å². The van der Waals surface area contributed by atoms with E-state index in [1.54, 1.807) is 24.3 Å². The summed E-state index contributed by atoms with van der Waals surface area (Å²) in [7, 11) is 1.31. The molecule has 4 aromatic rings. The second-order valence-corrected chi connectivity index (χ2v) is 7.52. The molecular formula is C28H22O4. The summed E-state index contributed by atoms with van der Waals surface area (Å²) in [4.78, 5) is 36.9. The van der Waals surface area contributed by atoms with E-state index in [4.69, 9.17) is 0 Å². The molecule has 0 aliphatic carbocycles. The van der Waals surface area contributed by atoms with Crippen LogP contribution >= 0.6 is 0 Å². The number of carbonyl (C=O) groups is 3. The van der Waals surface area contributed by atoms with Crippen LogP contribution in [0.1, 0.15) is 43.9 Å². The van der Waals surface area contributed by atoms with E-state index in [2.05, 4.69) is 4.74 Å². The van der Waals surface area contributed by atoms with Crippen molar-refractivity contribution in [3.8, 4) is 11.1 Å². The molecule has 0 aromatic heterocycles. The average molecular weight is 422 g/mol. The van der Waals surface area contributed by atoms with Gasteiger partial charge in [-0.3, -0.25) is 9.59 Å². The van der Waals surface area contributed by atoms with Gasteiger partial charge in [0.05, 0.1) is 12.7 Å². The summed E-state index contributed by atoms with van der Waals surface area (Å²) < 4.78 is 4.66. The van der Waals surface area contributed by atoms with Crippen molar-refractivity contribution in [2.75, 3.05) is 7.11 Å². The lowest BCUT2D eigenvalue weighted by atomic mass is 9.94. The van der Waals surface area contributed by atoms with E-state index in [1.165, 1.54) is 7.11 Å². The van der Waals surface area contributed by atoms with Crippen LogP contribution in [0.3, 0.4) is 0 Å². The number of ether oxygens (including phenoxy) is 1. The van der Waals surface area contributed by atoms with Gasteiger partial charge in [0.2, 0.25) is 0 Å². The standard InChI is InChI=1S/C28H22O4/c1-32-28(31)22-13-11-21(12-14-22)26(29)16-17-27(30)23-15-10-20-8-5-9-24(25(20)18-23)19-6-3-2-4-7-19/h2-15,18H,16-17H2,1H3. The van der Waals surface area contributed by atoms with Gasteiger partial charge < -0.3 is 4.74 Å². The summed E-state index contributed by atoms with van der Waals surface area (Å²) in [5, 5.41) is 2.07. The van der Waals surface area contributed by atoms with Crippen LogP contribution < -0.4 is 0 Å². The first kappa shape index (κ1) is 21.2. The zero-order valence-electron chi connectivity index (χ0n) is 17.7. The summed E-state index contributed by atoms with van der Waals surface area (Å²) >= 11 is 0. The minimum atomic E-state index is -0.453. The van der Waals surface area contributed by atoms with Crippen LogP contribution in [0.25, 0.3) is 21.9 Å². The van der Waals surface area contributed by atoms with Gasteiger partial charge in [0.1, 0.15) is 0 Å². The molecule has 0 amide bonds. The number of methoxy groups -OCH3 is 1. The van der Waals surface area contributed by atoms with Crippen molar-refractivity contribution < 1.29 is 19.1 Å². The van der Waals surface area contributed by atoms with Gasteiger partial charge in [-0.05, 0) is 40.1 Å². The minimum absolute atomic E-state index is 0.0747. The van der Waals surface area contributed by atoms with Crippen LogP contribution in [-0.4, -0.2) is 24.6 Å². The zero-order chi connectivity index (χ0) is 22.5.